The minimum Gasteiger partial charge on any atom is -0.481 e. The summed E-state index contributed by atoms with van der Waals surface area (Å²) in [4.78, 5) is 29.2. The summed E-state index contributed by atoms with van der Waals surface area (Å²) in [5, 5.41) is 9.79. The van der Waals surface area contributed by atoms with E-state index in [0.29, 0.717) is 49.0 Å². The molecule has 5 rings (SSSR count). The van der Waals surface area contributed by atoms with Crippen molar-refractivity contribution in [2.45, 2.75) is 104 Å². The van der Waals surface area contributed by atoms with Gasteiger partial charge in [-0.2, -0.15) is 8.78 Å². The van der Waals surface area contributed by atoms with Crippen LogP contribution in [0, 0.1) is 0 Å². The van der Waals surface area contributed by atoms with Crippen molar-refractivity contribution in [1.82, 2.24) is 14.9 Å². The van der Waals surface area contributed by atoms with Gasteiger partial charge >= 0.3 is 6.11 Å². The Morgan fingerprint density at radius 1 is 1.14 bits per heavy atom. The number of carbonyl (C=O) groups is 1. The van der Waals surface area contributed by atoms with Crippen LogP contribution >= 0.6 is 0 Å². The third-order valence-corrected chi connectivity index (χ3v) is 9.04. The number of likely N-dealkylation sites (tertiary alicyclic amines) is 1. The van der Waals surface area contributed by atoms with Crippen molar-refractivity contribution in [3.63, 3.8) is 0 Å². The molecule has 3 aliphatic heterocycles. The van der Waals surface area contributed by atoms with Gasteiger partial charge in [-0.3, -0.25) is 4.99 Å². The third-order valence-electron chi connectivity index (χ3n) is 9.04. The molecule has 0 saturated carbocycles. The number of aliphatic imine (C=N–C) groups is 1. The van der Waals surface area contributed by atoms with Gasteiger partial charge in [-0.15, -0.1) is 0 Å². The zero-order chi connectivity index (χ0) is 37.2. The van der Waals surface area contributed by atoms with Crippen molar-refractivity contribution in [3.8, 4) is 5.75 Å². The van der Waals surface area contributed by atoms with Crippen LogP contribution in [0.3, 0.4) is 0 Å². The van der Waals surface area contributed by atoms with Crippen molar-refractivity contribution < 1.29 is 28.2 Å². The number of hydrogen-bond acceptors (Lipinski definition) is 10. The van der Waals surface area contributed by atoms with E-state index in [2.05, 4.69) is 63.6 Å². The van der Waals surface area contributed by atoms with Crippen LogP contribution in [0.15, 0.2) is 47.5 Å². The third kappa shape index (κ3) is 12.2. The second-order valence-electron chi connectivity index (χ2n) is 12.7. The lowest BCUT2D eigenvalue weighted by molar-refractivity contribution is -0.254. The van der Waals surface area contributed by atoms with Gasteiger partial charge in [-0.05, 0) is 102 Å². The first kappa shape index (κ1) is 41.7. The zero-order valence-corrected chi connectivity index (χ0v) is 31.2. The molecule has 2 aromatic rings. The van der Waals surface area contributed by atoms with Crippen LogP contribution in [0.2, 0.25) is 0 Å². The number of piperidine rings is 1. The highest BCUT2D eigenvalue weighted by atomic mass is 19.3. The van der Waals surface area contributed by atoms with E-state index in [-0.39, 0.29) is 19.4 Å². The minimum absolute atomic E-state index is 0.0301. The number of aryl methyl sites for hydroxylation is 1. The summed E-state index contributed by atoms with van der Waals surface area (Å²) in [6.45, 7) is 15.2. The molecule has 2 fully saturated rings. The van der Waals surface area contributed by atoms with Gasteiger partial charge in [0.2, 0.25) is 5.82 Å². The van der Waals surface area contributed by atoms with Crippen LogP contribution < -0.4 is 14.5 Å². The number of alkyl halides is 2. The molecule has 3 aliphatic rings. The first-order valence-corrected chi connectivity index (χ1v) is 18.5. The summed E-state index contributed by atoms with van der Waals surface area (Å²) in [5.41, 5.74) is 3.54. The number of aliphatic hydroxyl groups excluding tert-OH is 1. The molecule has 1 atom stereocenters. The number of rotatable bonds is 13. The van der Waals surface area contributed by atoms with Gasteiger partial charge < -0.3 is 34.1 Å². The average Bonchev–Trinajstić information content (AvgIpc) is 3.71. The van der Waals surface area contributed by atoms with Crippen molar-refractivity contribution in [1.29, 1.82) is 0 Å². The lowest BCUT2D eigenvalue weighted by Crippen LogP contribution is -2.44. The van der Waals surface area contributed by atoms with Crippen molar-refractivity contribution in [2.24, 2.45) is 4.99 Å². The maximum Gasteiger partial charge on any atom is 0.417 e. The van der Waals surface area contributed by atoms with E-state index in [4.69, 9.17) is 9.47 Å². The van der Waals surface area contributed by atoms with Crippen LogP contribution in [0.25, 0.3) is 0 Å². The number of hydrogen-bond donors (Lipinski definition) is 1. The Balaban J connectivity index is 0.000000279. The molecule has 12 heteroatoms. The van der Waals surface area contributed by atoms with Crippen LogP contribution in [0.1, 0.15) is 89.7 Å². The van der Waals surface area contributed by atoms with E-state index in [1.165, 1.54) is 5.56 Å². The number of aldehydes is 1. The molecule has 0 radical (unpaired) electrons. The summed E-state index contributed by atoms with van der Waals surface area (Å²) >= 11 is 0. The lowest BCUT2D eigenvalue weighted by atomic mass is 10.0. The number of halogens is 2. The molecule has 2 saturated heterocycles. The van der Waals surface area contributed by atoms with Crippen molar-refractivity contribution in [2.75, 3.05) is 56.4 Å². The van der Waals surface area contributed by atoms with Gasteiger partial charge in [0.25, 0.3) is 0 Å². The SMILES string of the molecule is C=Nc1cc(CC)ccc1N(CO)C1CCN(C)CC1.CC.CC1/C=C\C=C/Cc2nc(C(F)(F)OCCCCC=O)nc(N3CCCC3)c2O1. The number of ether oxygens (including phenoxy) is 2. The number of anilines is 2. The number of benzene rings is 1. The Bertz CT molecular complexity index is 1420. The highest BCUT2D eigenvalue weighted by Crippen LogP contribution is 2.38. The molecule has 1 aromatic carbocycles. The highest BCUT2D eigenvalue weighted by molar-refractivity contribution is 5.70. The smallest absolute Gasteiger partial charge is 0.417 e. The fourth-order valence-corrected chi connectivity index (χ4v) is 6.17. The Kier molecular flexibility index (Phi) is 17.6. The number of unbranched alkanes of at least 4 members (excludes halogenated alkanes) is 2. The van der Waals surface area contributed by atoms with Crippen LogP contribution in [0.5, 0.6) is 5.75 Å². The normalized spacial score (nSPS) is 19.1. The average molecular weight is 713 g/mol. The van der Waals surface area contributed by atoms with E-state index < -0.39 is 11.9 Å². The molecule has 1 N–H and O–H groups in total. The maximum atomic E-state index is 14.7. The fourth-order valence-electron chi connectivity index (χ4n) is 6.17. The van der Waals surface area contributed by atoms with E-state index in [1.807, 2.05) is 50.0 Å². The summed E-state index contributed by atoms with van der Waals surface area (Å²) in [6, 6.07) is 6.63. The van der Waals surface area contributed by atoms with E-state index in [1.54, 1.807) is 0 Å². The molecule has 0 amide bonds. The van der Waals surface area contributed by atoms with Gasteiger partial charge in [0.05, 0.1) is 23.7 Å². The second kappa shape index (κ2) is 21.6. The molecule has 1 unspecified atom stereocenters. The molecular formula is C39H58F2N6O4. The lowest BCUT2D eigenvalue weighted by Gasteiger charge is -2.38. The number of carbonyl (C=O) groups excluding carboxylic acids is 1. The molecular weight excluding hydrogens is 654 g/mol. The monoisotopic (exact) mass is 712 g/mol. The molecule has 0 spiro atoms. The zero-order valence-electron chi connectivity index (χ0n) is 31.2. The molecule has 0 bridgehead atoms. The molecule has 51 heavy (non-hydrogen) atoms. The summed E-state index contributed by atoms with van der Waals surface area (Å²) in [7, 11) is 2.15. The van der Waals surface area contributed by atoms with Gasteiger partial charge in [0.15, 0.2) is 11.6 Å². The first-order chi connectivity index (χ1) is 24.7. The Labute approximate surface area is 303 Å². The van der Waals surface area contributed by atoms with Crippen LogP contribution in [-0.2, 0) is 28.5 Å². The van der Waals surface area contributed by atoms with Gasteiger partial charge in [-0.1, -0.05) is 45.1 Å². The molecule has 0 aliphatic carbocycles. The molecule has 4 heterocycles. The number of nitrogens with zero attached hydrogens (tertiary/aromatic N) is 6. The minimum atomic E-state index is -3.61. The van der Waals surface area contributed by atoms with Gasteiger partial charge in [0, 0.05) is 32.0 Å². The Morgan fingerprint density at radius 3 is 2.51 bits per heavy atom. The number of allylic oxidation sites excluding steroid dienone is 3. The quantitative estimate of drug-likeness (QED) is 0.0985. The Hall–Kier alpha value is -3.74. The summed E-state index contributed by atoms with van der Waals surface area (Å²) < 4.78 is 40.3. The Morgan fingerprint density at radius 2 is 1.86 bits per heavy atom. The first-order valence-electron chi connectivity index (χ1n) is 18.5. The molecule has 1 aromatic heterocycles. The topological polar surface area (TPSA) is 104 Å². The molecule has 10 nitrogen and oxygen atoms in total. The van der Waals surface area contributed by atoms with Crippen molar-refractivity contribution in [3.05, 3.63) is 59.6 Å². The largest absolute Gasteiger partial charge is 0.481 e. The predicted molar refractivity (Wildman–Crippen MR) is 202 cm³/mol. The van der Waals surface area contributed by atoms with E-state index in [9.17, 15) is 18.7 Å². The maximum absolute atomic E-state index is 14.7. The molecule has 282 valence electrons. The van der Waals surface area contributed by atoms with Crippen LogP contribution in [0.4, 0.5) is 26.0 Å². The fraction of sp³-hybridized carbons (Fsp3) is 0.590. The number of aliphatic hydroxyl groups is 1. The summed E-state index contributed by atoms with van der Waals surface area (Å²) in [6.07, 6.45) is 11.1. The highest BCUT2D eigenvalue weighted by Gasteiger charge is 2.39. The predicted octanol–water partition coefficient (Wildman–Crippen LogP) is 7.41. The summed E-state index contributed by atoms with van der Waals surface area (Å²) in [5.74, 6) is 0.216. The van der Waals surface area contributed by atoms with Crippen molar-refractivity contribution >= 4 is 30.2 Å². The van der Waals surface area contributed by atoms with E-state index >= 15 is 0 Å². The van der Waals surface area contributed by atoms with E-state index in [0.717, 1.165) is 75.9 Å². The standard InChI is InChI=1S/C21H27F2N3O3.C16H25N3O.C2H6/c1-16-10-4-2-5-11-17-18(29-16)19(26-12-6-7-13-26)25-20(24-17)21(22,23)28-15-9-3-8-14-27;1-4-13-5-6-16(15(11-13)17-2)19(12-20)14-7-9-18(3)10-8-14;1-2/h2,4-5,10,14,16H,3,6-9,11-13,15H2,1H3;5-6,11,14,20H,2,4,7-10,12H2,1,3H3;1-2H3/b5-2-,10-4-;;. The number of fused-ring (bicyclic) bond motifs is 1. The van der Waals surface area contributed by atoms with Gasteiger partial charge in [-0.25, -0.2) is 9.97 Å². The van der Waals surface area contributed by atoms with Gasteiger partial charge in [0.1, 0.15) is 19.1 Å². The second-order valence-corrected chi connectivity index (χ2v) is 12.7. The number of aromatic nitrogens is 2. The van der Waals surface area contributed by atoms with Crippen LogP contribution in [-0.4, -0.2) is 91.7 Å².